The SMILES string of the molecule is COCC(C)NC1CCS(=O)(=O)C1. The normalized spacial score (nSPS) is 28.9. The molecule has 1 saturated heterocycles. The van der Waals surface area contributed by atoms with E-state index in [0.29, 0.717) is 12.4 Å². The Balaban J connectivity index is 2.32. The maximum Gasteiger partial charge on any atom is 0.151 e. The van der Waals surface area contributed by atoms with E-state index >= 15 is 0 Å². The van der Waals surface area contributed by atoms with E-state index in [1.165, 1.54) is 0 Å². The van der Waals surface area contributed by atoms with Crippen molar-refractivity contribution < 1.29 is 13.2 Å². The van der Waals surface area contributed by atoms with Gasteiger partial charge in [0.1, 0.15) is 0 Å². The summed E-state index contributed by atoms with van der Waals surface area (Å²) in [6.45, 7) is 2.62. The highest BCUT2D eigenvalue weighted by atomic mass is 32.2. The van der Waals surface area contributed by atoms with E-state index in [4.69, 9.17) is 4.74 Å². The number of hydrogen-bond acceptors (Lipinski definition) is 4. The molecule has 1 aliphatic heterocycles. The van der Waals surface area contributed by atoms with Crippen molar-refractivity contribution in [3.63, 3.8) is 0 Å². The molecule has 0 amide bonds. The largest absolute Gasteiger partial charge is 0.383 e. The summed E-state index contributed by atoms with van der Waals surface area (Å²) in [6.07, 6.45) is 0.733. The Morgan fingerprint density at radius 1 is 1.62 bits per heavy atom. The van der Waals surface area contributed by atoms with Crippen LogP contribution in [0.3, 0.4) is 0 Å². The molecule has 1 heterocycles. The lowest BCUT2D eigenvalue weighted by Gasteiger charge is -2.17. The molecule has 2 unspecified atom stereocenters. The molecule has 1 rings (SSSR count). The van der Waals surface area contributed by atoms with Crippen LogP contribution in [0.4, 0.5) is 0 Å². The Morgan fingerprint density at radius 3 is 2.77 bits per heavy atom. The maximum atomic E-state index is 11.1. The molecule has 78 valence electrons. The van der Waals surface area contributed by atoms with Crippen LogP contribution in [0.25, 0.3) is 0 Å². The van der Waals surface area contributed by atoms with Crippen molar-refractivity contribution in [1.29, 1.82) is 0 Å². The van der Waals surface area contributed by atoms with Crippen molar-refractivity contribution in [3.8, 4) is 0 Å². The van der Waals surface area contributed by atoms with Crippen LogP contribution in [0, 0.1) is 0 Å². The lowest BCUT2D eigenvalue weighted by atomic mass is 10.2. The first-order valence-electron chi connectivity index (χ1n) is 4.49. The van der Waals surface area contributed by atoms with Crippen molar-refractivity contribution >= 4 is 9.84 Å². The zero-order valence-electron chi connectivity index (χ0n) is 8.12. The standard InChI is InChI=1S/C8H17NO3S/c1-7(5-12-2)9-8-3-4-13(10,11)6-8/h7-9H,3-6H2,1-2H3. The summed E-state index contributed by atoms with van der Waals surface area (Å²) < 4.78 is 27.2. The van der Waals surface area contributed by atoms with Gasteiger partial charge in [-0.2, -0.15) is 0 Å². The first-order chi connectivity index (χ1) is 6.03. The van der Waals surface area contributed by atoms with Gasteiger partial charge in [0.05, 0.1) is 18.1 Å². The van der Waals surface area contributed by atoms with Gasteiger partial charge in [-0.05, 0) is 13.3 Å². The predicted molar refractivity (Wildman–Crippen MR) is 51.5 cm³/mol. The molecule has 0 spiro atoms. The average molecular weight is 207 g/mol. The first-order valence-corrected chi connectivity index (χ1v) is 6.31. The van der Waals surface area contributed by atoms with Gasteiger partial charge in [-0.3, -0.25) is 0 Å². The molecule has 1 fully saturated rings. The Labute approximate surface area is 79.6 Å². The van der Waals surface area contributed by atoms with E-state index < -0.39 is 9.84 Å². The maximum absolute atomic E-state index is 11.1. The molecule has 0 aromatic carbocycles. The molecule has 0 aromatic rings. The molecule has 2 atom stereocenters. The van der Waals surface area contributed by atoms with Gasteiger partial charge in [-0.25, -0.2) is 8.42 Å². The summed E-state index contributed by atoms with van der Waals surface area (Å²) in [7, 11) is -1.12. The molecule has 5 heteroatoms. The second-order valence-electron chi connectivity index (χ2n) is 3.62. The van der Waals surface area contributed by atoms with E-state index in [1.54, 1.807) is 7.11 Å². The molecule has 0 radical (unpaired) electrons. The number of sulfone groups is 1. The molecule has 0 aromatic heterocycles. The van der Waals surface area contributed by atoms with Crippen LogP contribution in [0.15, 0.2) is 0 Å². The lowest BCUT2D eigenvalue weighted by Crippen LogP contribution is -2.39. The topological polar surface area (TPSA) is 55.4 Å². The van der Waals surface area contributed by atoms with Crippen LogP contribution in [-0.2, 0) is 14.6 Å². The Kier molecular flexibility index (Phi) is 3.70. The summed E-state index contributed by atoms with van der Waals surface area (Å²) in [5.74, 6) is 0.603. The van der Waals surface area contributed by atoms with Crippen LogP contribution >= 0.6 is 0 Å². The van der Waals surface area contributed by atoms with Crippen LogP contribution in [-0.4, -0.2) is 45.7 Å². The van der Waals surface area contributed by atoms with Gasteiger partial charge in [0, 0.05) is 19.2 Å². The number of ether oxygens (including phenoxy) is 1. The van der Waals surface area contributed by atoms with Crippen molar-refractivity contribution in [2.45, 2.75) is 25.4 Å². The van der Waals surface area contributed by atoms with Crippen LogP contribution in [0.5, 0.6) is 0 Å². The fourth-order valence-electron chi connectivity index (χ4n) is 1.63. The summed E-state index contributed by atoms with van der Waals surface area (Å²) in [5.41, 5.74) is 0. The number of rotatable bonds is 4. The molecule has 4 nitrogen and oxygen atoms in total. The van der Waals surface area contributed by atoms with Gasteiger partial charge in [0.25, 0.3) is 0 Å². The molecule has 1 aliphatic rings. The van der Waals surface area contributed by atoms with Crippen molar-refractivity contribution in [2.24, 2.45) is 0 Å². The van der Waals surface area contributed by atoms with Crippen molar-refractivity contribution in [1.82, 2.24) is 5.32 Å². The molecule has 13 heavy (non-hydrogen) atoms. The fourth-order valence-corrected chi connectivity index (χ4v) is 3.31. The molecule has 0 saturated carbocycles. The van der Waals surface area contributed by atoms with Gasteiger partial charge >= 0.3 is 0 Å². The highest BCUT2D eigenvalue weighted by molar-refractivity contribution is 7.91. The van der Waals surface area contributed by atoms with E-state index in [1.807, 2.05) is 6.92 Å². The molecular formula is C8H17NO3S. The third-order valence-electron chi connectivity index (χ3n) is 2.17. The Bertz CT molecular complexity index is 250. The predicted octanol–water partition coefficient (Wildman–Crippen LogP) is -0.202. The van der Waals surface area contributed by atoms with Gasteiger partial charge in [-0.15, -0.1) is 0 Å². The third-order valence-corrected chi connectivity index (χ3v) is 3.94. The van der Waals surface area contributed by atoms with Crippen LogP contribution < -0.4 is 5.32 Å². The summed E-state index contributed by atoms with van der Waals surface area (Å²) >= 11 is 0. The minimum Gasteiger partial charge on any atom is -0.383 e. The Morgan fingerprint density at radius 2 is 2.31 bits per heavy atom. The van der Waals surface area contributed by atoms with E-state index in [-0.39, 0.29) is 17.8 Å². The molecular weight excluding hydrogens is 190 g/mol. The van der Waals surface area contributed by atoms with Crippen molar-refractivity contribution in [3.05, 3.63) is 0 Å². The first kappa shape index (κ1) is 10.9. The van der Waals surface area contributed by atoms with E-state index in [2.05, 4.69) is 5.32 Å². The molecule has 0 bridgehead atoms. The average Bonchev–Trinajstić information content (AvgIpc) is 2.30. The zero-order chi connectivity index (χ0) is 9.90. The summed E-state index contributed by atoms with van der Waals surface area (Å²) in [5, 5.41) is 3.23. The highest BCUT2D eigenvalue weighted by Crippen LogP contribution is 2.11. The van der Waals surface area contributed by atoms with Crippen LogP contribution in [0.2, 0.25) is 0 Å². The lowest BCUT2D eigenvalue weighted by molar-refractivity contribution is 0.168. The van der Waals surface area contributed by atoms with Gasteiger partial charge in [0.2, 0.25) is 0 Å². The van der Waals surface area contributed by atoms with Crippen LogP contribution in [0.1, 0.15) is 13.3 Å². The summed E-state index contributed by atoms with van der Waals surface area (Å²) in [6, 6.07) is 0.346. The molecule has 0 aliphatic carbocycles. The minimum absolute atomic E-state index is 0.121. The number of methoxy groups -OCH3 is 1. The van der Waals surface area contributed by atoms with E-state index in [9.17, 15) is 8.42 Å². The van der Waals surface area contributed by atoms with E-state index in [0.717, 1.165) is 6.42 Å². The van der Waals surface area contributed by atoms with Crippen molar-refractivity contribution in [2.75, 3.05) is 25.2 Å². The van der Waals surface area contributed by atoms with Gasteiger partial charge in [0.15, 0.2) is 9.84 Å². The zero-order valence-corrected chi connectivity index (χ0v) is 8.93. The monoisotopic (exact) mass is 207 g/mol. The summed E-state index contributed by atoms with van der Waals surface area (Å²) in [4.78, 5) is 0. The number of nitrogens with one attached hydrogen (secondary N) is 1. The quantitative estimate of drug-likeness (QED) is 0.693. The highest BCUT2D eigenvalue weighted by Gasteiger charge is 2.28. The third kappa shape index (κ3) is 3.62. The molecule has 1 N–H and O–H groups in total. The number of hydrogen-bond donors (Lipinski definition) is 1. The van der Waals surface area contributed by atoms with Gasteiger partial charge < -0.3 is 10.1 Å². The Hall–Kier alpha value is -0.130. The van der Waals surface area contributed by atoms with Gasteiger partial charge in [-0.1, -0.05) is 0 Å². The second kappa shape index (κ2) is 4.39. The fraction of sp³-hybridized carbons (Fsp3) is 1.00. The second-order valence-corrected chi connectivity index (χ2v) is 5.85. The minimum atomic E-state index is -2.76. The smallest absolute Gasteiger partial charge is 0.151 e.